The van der Waals surface area contributed by atoms with Crippen molar-refractivity contribution in [3.63, 3.8) is 0 Å². The van der Waals surface area contributed by atoms with Gasteiger partial charge in [0.15, 0.2) is 0 Å². The number of carbonyl (C=O) groups excluding carboxylic acids is 2. The molecule has 1 aromatic carbocycles. The lowest BCUT2D eigenvalue weighted by Gasteiger charge is -2.34. The van der Waals surface area contributed by atoms with Crippen LogP contribution in [0.2, 0.25) is 0 Å². The van der Waals surface area contributed by atoms with E-state index in [1.807, 2.05) is 29.4 Å². The molecule has 2 heterocycles. The molecular formula is C18H24N4O2S2. The summed E-state index contributed by atoms with van der Waals surface area (Å²) in [6.07, 6.45) is 4.54. The number of benzene rings is 1. The van der Waals surface area contributed by atoms with Crippen LogP contribution in [0.15, 0.2) is 24.3 Å². The Balaban J connectivity index is 1.71. The molecule has 3 amide bonds. The van der Waals surface area contributed by atoms with E-state index in [2.05, 4.69) is 11.4 Å². The monoisotopic (exact) mass is 392 g/mol. The number of piperidine rings is 1. The number of nitrogens with one attached hydrogen (secondary N) is 1. The largest absolute Gasteiger partial charge is 0.352 e. The number of rotatable bonds is 6. The van der Waals surface area contributed by atoms with Gasteiger partial charge >= 0.3 is 6.03 Å². The molecule has 1 aliphatic rings. The predicted octanol–water partition coefficient (Wildman–Crippen LogP) is 2.79. The Hall–Kier alpha value is -1.80. The van der Waals surface area contributed by atoms with E-state index in [-0.39, 0.29) is 11.8 Å². The van der Waals surface area contributed by atoms with Gasteiger partial charge in [-0.1, -0.05) is 12.1 Å². The number of urea groups is 1. The van der Waals surface area contributed by atoms with Crippen molar-refractivity contribution in [3.05, 3.63) is 29.3 Å². The maximum Gasteiger partial charge on any atom is 0.312 e. The summed E-state index contributed by atoms with van der Waals surface area (Å²) in [5.41, 5.74) is 6.28. The van der Waals surface area contributed by atoms with E-state index < -0.39 is 12.1 Å². The Kier molecular flexibility index (Phi) is 6.37. The van der Waals surface area contributed by atoms with E-state index in [1.165, 1.54) is 4.70 Å². The van der Waals surface area contributed by atoms with Crippen molar-refractivity contribution in [1.29, 1.82) is 0 Å². The molecular weight excluding hydrogens is 368 g/mol. The number of carbonyl (C=O) groups is 2. The maximum atomic E-state index is 12.9. The quantitative estimate of drug-likeness (QED) is 0.791. The maximum absolute atomic E-state index is 12.9. The Labute approximate surface area is 161 Å². The van der Waals surface area contributed by atoms with Crippen LogP contribution in [-0.4, -0.2) is 53.0 Å². The lowest BCUT2D eigenvalue weighted by molar-refractivity contribution is -0.134. The van der Waals surface area contributed by atoms with Crippen molar-refractivity contribution in [3.8, 4) is 0 Å². The number of likely N-dealkylation sites (tertiary alicyclic amines) is 1. The zero-order valence-electron chi connectivity index (χ0n) is 14.8. The van der Waals surface area contributed by atoms with E-state index in [1.54, 1.807) is 23.1 Å². The fraction of sp³-hybridized carbons (Fsp3) is 0.500. The van der Waals surface area contributed by atoms with Gasteiger partial charge in [-0.05, 0) is 43.4 Å². The molecule has 0 saturated carbocycles. The van der Waals surface area contributed by atoms with E-state index in [0.29, 0.717) is 13.0 Å². The van der Waals surface area contributed by atoms with Gasteiger partial charge in [0.1, 0.15) is 6.04 Å². The first-order valence-corrected chi connectivity index (χ1v) is 11.0. The number of primary amides is 1. The summed E-state index contributed by atoms with van der Waals surface area (Å²) in [5.74, 6) is 1.01. The molecule has 0 bridgehead atoms. The molecule has 6 nitrogen and oxygen atoms in total. The van der Waals surface area contributed by atoms with Crippen LogP contribution >= 0.6 is 23.1 Å². The van der Waals surface area contributed by atoms with Gasteiger partial charge < -0.3 is 16.0 Å². The summed E-state index contributed by atoms with van der Waals surface area (Å²) in [6, 6.07) is 6.92. The standard InChI is InChI=1S/C18H24N4O2S2/c1-25-10-8-14(21-18(19)24)17(23)22-9-4-5-12(11-22)16-20-13-6-2-3-7-15(13)26-16/h2-3,6-7,12,14H,4-5,8-11H2,1H3,(H3,19,21,24)/t12-,14+/m0/s1. The molecule has 1 aromatic heterocycles. The van der Waals surface area contributed by atoms with Gasteiger partial charge in [0.25, 0.3) is 0 Å². The second kappa shape index (κ2) is 8.73. The summed E-state index contributed by atoms with van der Waals surface area (Å²) in [4.78, 5) is 30.8. The highest BCUT2D eigenvalue weighted by molar-refractivity contribution is 7.98. The summed E-state index contributed by atoms with van der Waals surface area (Å²) < 4.78 is 1.18. The number of thioether (sulfide) groups is 1. The average molecular weight is 393 g/mol. The third-order valence-electron chi connectivity index (χ3n) is 4.62. The minimum Gasteiger partial charge on any atom is -0.352 e. The zero-order valence-corrected chi connectivity index (χ0v) is 16.4. The molecule has 8 heteroatoms. The number of nitrogens with two attached hydrogens (primary N) is 1. The zero-order chi connectivity index (χ0) is 18.5. The number of aromatic nitrogens is 1. The molecule has 1 saturated heterocycles. The SMILES string of the molecule is CSCC[C@@H](NC(N)=O)C(=O)N1CCC[C@H](c2nc3ccccc3s2)C1. The Morgan fingerprint density at radius 2 is 2.27 bits per heavy atom. The van der Waals surface area contributed by atoms with Crippen LogP contribution in [0.3, 0.4) is 0 Å². The Morgan fingerprint density at radius 3 is 3.00 bits per heavy atom. The van der Waals surface area contributed by atoms with Crippen molar-refractivity contribution in [2.75, 3.05) is 25.1 Å². The first kappa shape index (κ1) is 19.0. The fourth-order valence-electron chi connectivity index (χ4n) is 3.33. The van der Waals surface area contributed by atoms with Crippen molar-refractivity contribution in [1.82, 2.24) is 15.2 Å². The van der Waals surface area contributed by atoms with Gasteiger partial charge in [0.05, 0.1) is 15.2 Å². The van der Waals surface area contributed by atoms with Crippen LogP contribution in [0.1, 0.15) is 30.2 Å². The smallest absolute Gasteiger partial charge is 0.312 e. The van der Waals surface area contributed by atoms with Crippen LogP contribution in [-0.2, 0) is 4.79 Å². The molecule has 1 aliphatic heterocycles. The number of nitrogens with zero attached hydrogens (tertiary/aromatic N) is 2. The Bertz CT molecular complexity index is 746. The topological polar surface area (TPSA) is 88.3 Å². The third kappa shape index (κ3) is 4.48. The lowest BCUT2D eigenvalue weighted by atomic mass is 9.97. The summed E-state index contributed by atoms with van der Waals surface area (Å²) >= 11 is 3.36. The van der Waals surface area contributed by atoms with E-state index in [9.17, 15) is 9.59 Å². The first-order chi connectivity index (χ1) is 12.6. The number of amides is 3. The number of thiazole rings is 1. The normalized spacial score (nSPS) is 18.7. The lowest BCUT2D eigenvalue weighted by Crippen LogP contribution is -2.52. The number of hydrogen-bond donors (Lipinski definition) is 2. The van der Waals surface area contributed by atoms with Crippen LogP contribution in [0.25, 0.3) is 10.2 Å². The molecule has 0 radical (unpaired) electrons. The molecule has 0 aliphatic carbocycles. The van der Waals surface area contributed by atoms with Crippen LogP contribution in [0.5, 0.6) is 0 Å². The third-order valence-corrected chi connectivity index (χ3v) is 6.46. The summed E-state index contributed by atoms with van der Waals surface area (Å²) in [5, 5.41) is 3.70. The Morgan fingerprint density at radius 1 is 1.46 bits per heavy atom. The number of fused-ring (bicyclic) bond motifs is 1. The van der Waals surface area contributed by atoms with Gasteiger partial charge in [-0.3, -0.25) is 4.79 Å². The van der Waals surface area contributed by atoms with Gasteiger partial charge in [-0.2, -0.15) is 11.8 Å². The fourth-order valence-corrected chi connectivity index (χ4v) is 4.89. The molecule has 2 aromatic rings. The minimum atomic E-state index is -0.649. The molecule has 0 spiro atoms. The van der Waals surface area contributed by atoms with Gasteiger partial charge in [-0.25, -0.2) is 9.78 Å². The van der Waals surface area contributed by atoms with E-state index in [4.69, 9.17) is 10.7 Å². The van der Waals surface area contributed by atoms with Gasteiger partial charge in [0.2, 0.25) is 5.91 Å². The minimum absolute atomic E-state index is 0.0383. The predicted molar refractivity (Wildman–Crippen MR) is 108 cm³/mol. The highest BCUT2D eigenvalue weighted by Crippen LogP contribution is 2.33. The highest BCUT2D eigenvalue weighted by atomic mass is 32.2. The second-order valence-corrected chi connectivity index (χ2v) is 8.53. The van der Waals surface area contributed by atoms with E-state index >= 15 is 0 Å². The average Bonchev–Trinajstić information content (AvgIpc) is 3.08. The molecule has 1 fully saturated rings. The molecule has 26 heavy (non-hydrogen) atoms. The first-order valence-electron chi connectivity index (χ1n) is 8.77. The molecule has 3 rings (SSSR count). The van der Waals surface area contributed by atoms with Crippen LogP contribution < -0.4 is 11.1 Å². The summed E-state index contributed by atoms with van der Waals surface area (Å²) in [7, 11) is 0. The van der Waals surface area contributed by atoms with Crippen molar-refractivity contribution < 1.29 is 9.59 Å². The molecule has 140 valence electrons. The van der Waals surface area contributed by atoms with Crippen molar-refractivity contribution in [2.24, 2.45) is 5.73 Å². The number of hydrogen-bond acceptors (Lipinski definition) is 5. The van der Waals surface area contributed by atoms with Gasteiger partial charge in [0, 0.05) is 19.0 Å². The van der Waals surface area contributed by atoms with Gasteiger partial charge in [-0.15, -0.1) is 11.3 Å². The second-order valence-electron chi connectivity index (χ2n) is 6.49. The molecule has 0 unspecified atom stereocenters. The highest BCUT2D eigenvalue weighted by Gasteiger charge is 2.31. The van der Waals surface area contributed by atoms with Crippen molar-refractivity contribution >= 4 is 45.3 Å². The molecule has 2 atom stereocenters. The number of para-hydroxylation sites is 1. The van der Waals surface area contributed by atoms with E-state index in [0.717, 1.165) is 35.7 Å². The van der Waals surface area contributed by atoms with Crippen LogP contribution in [0, 0.1) is 0 Å². The van der Waals surface area contributed by atoms with Crippen molar-refractivity contribution in [2.45, 2.75) is 31.2 Å². The summed E-state index contributed by atoms with van der Waals surface area (Å²) in [6.45, 7) is 1.37. The van der Waals surface area contributed by atoms with Crippen LogP contribution in [0.4, 0.5) is 4.79 Å². The molecule has 3 N–H and O–H groups in total.